The van der Waals surface area contributed by atoms with Crippen LogP contribution in [0, 0.1) is 5.92 Å². The van der Waals surface area contributed by atoms with E-state index in [4.69, 9.17) is 4.18 Å². The van der Waals surface area contributed by atoms with E-state index in [0.717, 1.165) is 12.7 Å². The van der Waals surface area contributed by atoms with E-state index in [1.165, 1.54) is 7.11 Å². The van der Waals surface area contributed by atoms with Crippen LogP contribution in [0.5, 0.6) is 0 Å². The number of rotatable bonds is 3. The van der Waals surface area contributed by atoms with Crippen molar-refractivity contribution in [3.05, 3.63) is 0 Å². The molecule has 0 aromatic rings. The van der Waals surface area contributed by atoms with Gasteiger partial charge in [-0.05, 0) is 19.3 Å². The van der Waals surface area contributed by atoms with Crippen LogP contribution in [0.3, 0.4) is 0 Å². The summed E-state index contributed by atoms with van der Waals surface area (Å²) in [6, 6.07) is 0. The first-order valence-electron chi connectivity index (χ1n) is 4.40. The van der Waals surface area contributed by atoms with Crippen molar-refractivity contribution in [2.75, 3.05) is 13.4 Å². The Morgan fingerprint density at radius 1 is 1.36 bits per heavy atom. The number of ether oxygens (including phenoxy) is 1. The second kappa shape index (κ2) is 4.27. The molecule has 6 heteroatoms. The van der Waals surface area contributed by atoms with Gasteiger partial charge in [-0.25, -0.2) is 0 Å². The van der Waals surface area contributed by atoms with Crippen LogP contribution in [-0.4, -0.2) is 33.9 Å². The van der Waals surface area contributed by atoms with Crippen LogP contribution < -0.4 is 0 Å². The van der Waals surface area contributed by atoms with Gasteiger partial charge in [0.15, 0.2) is 0 Å². The van der Waals surface area contributed by atoms with E-state index >= 15 is 0 Å². The van der Waals surface area contributed by atoms with Crippen molar-refractivity contribution in [1.29, 1.82) is 0 Å². The zero-order valence-corrected chi connectivity index (χ0v) is 9.04. The van der Waals surface area contributed by atoms with Crippen LogP contribution in [0.15, 0.2) is 0 Å². The van der Waals surface area contributed by atoms with Gasteiger partial charge in [0.25, 0.3) is 10.1 Å². The molecule has 0 amide bonds. The fraction of sp³-hybridized carbons (Fsp3) is 0.875. The monoisotopic (exact) mass is 222 g/mol. The predicted molar refractivity (Wildman–Crippen MR) is 49.1 cm³/mol. The maximum Gasteiger partial charge on any atom is 0.311 e. The van der Waals surface area contributed by atoms with Gasteiger partial charge in [-0.15, -0.1) is 0 Å². The minimum atomic E-state index is -3.49. The molecule has 0 aromatic heterocycles. The Kier molecular flexibility index (Phi) is 3.49. The molecule has 1 rings (SSSR count). The summed E-state index contributed by atoms with van der Waals surface area (Å²) in [7, 11) is -2.20. The van der Waals surface area contributed by atoms with Gasteiger partial charge in [-0.3, -0.25) is 8.98 Å². The molecular weight excluding hydrogens is 208 g/mol. The number of carbonyl (C=O) groups is 1. The van der Waals surface area contributed by atoms with Crippen LogP contribution in [-0.2, 0) is 23.8 Å². The molecule has 2 atom stereocenters. The molecule has 0 bridgehead atoms. The molecule has 1 aliphatic rings. The summed E-state index contributed by atoms with van der Waals surface area (Å²) in [6.07, 6.45) is 2.46. The summed E-state index contributed by atoms with van der Waals surface area (Å²) >= 11 is 0. The first kappa shape index (κ1) is 11.5. The zero-order chi connectivity index (χ0) is 10.8. The molecule has 0 saturated heterocycles. The summed E-state index contributed by atoms with van der Waals surface area (Å²) in [4.78, 5) is 11.2. The number of methoxy groups -OCH3 is 1. The Hall–Kier alpha value is -0.620. The van der Waals surface area contributed by atoms with Crippen LogP contribution in [0.4, 0.5) is 0 Å². The maximum absolute atomic E-state index is 11.2. The van der Waals surface area contributed by atoms with Crippen molar-refractivity contribution in [1.82, 2.24) is 0 Å². The smallest absolute Gasteiger partial charge is 0.311 e. The third-order valence-electron chi connectivity index (χ3n) is 2.25. The van der Waals surface area contributed by atoms with Crippen molar-refractivity contribution in [3.63, 3.8) is 0 Å². The van der Waals surface area contributed by atoms with E-state index in [0.29, 0.717) is 12.8 Å². The molecule has 0 radical (unpaired) electrons. The van der Waals surface area contributed by atoms with Gasteiger partial charge in [0, 0.05) is 0 Å². The third-order valence-corrected chi connectivity index (χ3v) is 2.85. The van der Waals surface area contributed by atoms with Crippen molar-refractivity contribution < 1.29 is 22.1 Å². The lowest BCUT2D eigenvalue weighted by atomic mass is 10.1. The minimum Gasteiger partial charge on any atom is -0.469 e. The van der Waals surface area contributed by atoms with Gasteiger partial charge in [0.2, 0.25) is 0 Å². The second-order valence-electron chi connectivity index (χ2n) is 3.40. The lowest BCUT2D eigenvalue weighted by Crippen LogP contribution is -2.28. The van der Waals surface area contributed by atoms with Gasteiger partial charge >= 0.3 is 5.97 Å². The van der Waals surface area contributed by atoms with Gasteiger partial charge in [-0.2, -0.15) is 8.42 Å². The Labute approximate surface area is 83.5 Å². The largest absolute Gasteiger partial charge is 0.469 e. The Bertz CT molecular complexity index is 308. The molecule has 0 unspecified atom stereocenters. The molecular formula is C8H14O5S. The van der Waals surface area contributed by atoms with Crippen LogP contribution in [0.25, 0.3) is 0 Å². The van der Waals surface area contributed by atoms with E-state index in [-0.39, 0.29) is 0 Å². The van der Waals surface area contributed by atoms with Crippen molar-refractivity contribution >= 4 is 16.1 Å². The van der Waals surface area contributed by atoms with Gasteiger partial charge in [0.1, 0.15) is 0 Å². The van der Waals surface area contributed by atoms with Crippen molar-refractivity contribution in [2.45, 2.75) is 25.4 Å². The molecule has 1 fully saturated rings. The molecule has 1 aliphatic carbocycles. The summed E-state index contributed by atoms with van der Waals surface area (Å²) in [5, 5.41) is 0. The van der Waals surface area contributed by atoms with Crippen LogP contribution >= 0.6 is 0 Å². The summed E-state index contributed by atoms with van der Waals surface area (Å²) in [5.74, 6) is -0.828. The summed E-state index contributed by atoms with van der Waals surface area (Å²) in [5.41, 5.74) is 0. The highest BCUT2D eigenvalue weighted by Gasteiger charge is 2.36. The van der Waals surface area contributed by atoms with E-state index in [2.05, 4.69) is 4.74 Å². The topological polar surface area (TPSA) is 69.7 Å². The molecule has 0 N–H and O–H groups in total. The third kappa shape index (κ3) is 2.95. The normalized spacial score (nSPS) is 27.6. The maximum atomic E-state index is 11.2. The molecule has 82 valence electrons. The van der Waals surface area contributed by atoms with Crippen molar-refractivity contribution in [2.24, 2.45) is 5.92 Å². The fourth-order valence-corrected chi connectivity index (χ4v) is 2.37. The molecule has 5 nitrogen and oxygen atoms in total. The van der Waals surface area contributed by atoms with Crippen LogP contribution in [0.1, 0.15) is 19.3 Å². The SMILES string of the molecule is COC(=O)[C@@H]1CCC[C@H]1OS(C)(=O)=O. The standard InChI is InChI=1S/C8H14O5S/c1-12-8(9)6-4-3-5-7(6)13-14(2,10)11/h6-7H,3-5H2,1-2H3/t6-,7-/m1/s1. The molecule has 0 aliphatic heterocycles. The average molecular weight is 222 g/mol. The Morgan fingerprint density at radius 3 is 2.50 bits per heavy atom. The van der Waals surface area contributed by atoms with Gasteiger partial charge in [-0.1, -0.05) is 0 Å². The number of hydrogen-bond donors (Lipinski definition) is 0. The van der Waals surface area contributed by atoms with E-state index in [1.807, 2.05) is 0 Å². The van der Waals surface area contributed by atoms with Crippen molar-refractivity contribution in [3.8, 4) is 0 Å². The first-order valence-corrected chi connectivity index (χ1v) is 6.22. The van der Waals surface area contributed by atoms with E-state index < -0.39 is 28.1 Å². The molecule has 0 aromatic carbocycles. The highest BCUT2D eigenvalue weighted by Crippen LogP contribution is 2.30. The lowest BCUT2D eigenvalue weighted by Gasteiger charge is -2.16. The van der Waals surface area contributed by atoms with Gasteiger partial charge < -0.3 is 4.74 Å². The minimum absolute atomic E-state index is 0.392. The second-order valence-corrected chi connectivity index (χ2v) is 5.00. The average Bonchev–Trinajstić information content (AvgIpc) is 2.48. The Balaban J connectivity index is 2.65. The summed E-state index contributed by atoms with van der Waals surface area (Å²) < 4.78 is 31.1. The quantitative estimate of drug-likeness (QED) is 0.507. The number of carbonyl (C=O) groups excluding carboxylic acids is 1. The number of esters is 1. The lowest BCUT2D eigenvalue weighted by molar-refractivity contribution is -0.147. The van der Waals surface area contributed by atoms with Gasteiger partial charge in [0.05, 0.1) is 25.4 Å². The predicted octanol–water partition coefficient (Wildman–Crippen LogP) is 0.304. The molecule has 0 spiro atoms. The van der Waals surface area contributed by atoms with E-state index in [1.54, 1.807) is 0 Å². The molecule has 14 heavy (non-hydrogen) atoms. The Morgan fingerprint density at radius 2 is 2.00 bits per heavy atom. The molecule has 0 heterocycles. The highest BCUT2D eigenvalue weighted by molar-refractivity contribution is 7.86. The van der Waals surface area contributed by atoms with E-state index in [9.17, 15) is 13.2 Å². The fourth-order valence-electron chi connectivity index (χ4n) is 1.69. The first-order chi connectivity index (χ1) is 6.44. The van der Waals surface area contributed by atoms with Crippen LogP contribution in [0.2, 0.25) is 0 Å². The summed E-state index contributed by atoms with van der Waals surface area (Å²) in [6.45, 7) is 0. The molecule has 1 saturated carbocycles. The zero-order valence-electron chi connectivity index (χ0n) is 8.23. The highest BCUT2D eigenvalue weighted by atomic mass is 32.2. The number of hydrogen-bond acceptors (Lipinski definition) is 5.